The first-order chi connectivity index (χ1) is 13.0. The van der Waals surface area contributed by atoms with Crippen LogP contribution in [-0.4, -0.2) is 24.0 Å². The summed E-state index contributed by atoms with van der Waals surface area (Å²) in [7, 11) is 0. The molecule has 0 unspecified atom stereocenters. The van der Waals surface area contributed by atoms with Crippen molar-refractivity contribution in [3.05, 3.63) is 59.7 Å². The summed E-state index contributed by atoms with van der Waals surface area (Å²) in [4.78, 5) is 25.2. The lowest BCUT2D eigenvalue weighted by Crippen LogP contribution is -2.35. The third-order valence-electron chi connectivity index (χ3n) is 4.45. The van der Waals surface area contributed by atoms with Gasteiger partial charge in [0.2, 0.25) is 0 Å². The second kappa shape index (κ2) is 9.76. The van der Waals surface area contributed by atoms with Gasteiger partial charge in [0.25, 0.3) is 11.8 Å². The zero-order valence-corrected chi connectivity index (χ0v) is 16.4. The van der Waals surface area contributed by atoms with Crippen LogP contribution in [0.5, 0.6) is 5.75 Å². The molecule has 0 fully saturated rings. The fraction of sp³-hybridized carbons (Fsp3) is 0.364. The number of hydrogen-bond donors (Lipinski definition) is 2. The van der Waals surface area contributed by atoms with E-state index in [0.717, 1.165) is 12.0 Å². The predicted octanol–water partition coefficient (Wildman–Crippen LogP) is 4.32. The number of rotatable bonds is 8. The van der Waals surface area contributed by atoms with Gasteiger partial charge in [0.15, 0.2) is 6.10 Å². The first kappa shape index (κ1) is 20.5. The van der Waals surface area contributed by atoms with Crippen molar-refractivity contribution in [1.82, 2.24) is 5.32 Å². The summed E-state index contributed by atoms with van der Waals surface area (Å²) in [6.45, 7) is 7.79. The highest BCUT2D eigenvalue weighted by atomic mass is 16.5. The third kappa shape index (κ3) is 5.58. The van der Waals surface area contributed by atoms with E-state index in [1.165, 1.54) is 0 Å². The van der Waals surface area contributed by atoms with Crippen LogP contribution < -0.4 is 15.4 Å². The fourth-order valence-electron chi connectivity index (χ4n) is 2.57. The summed E-state index contributed by atoms with van der Waals surface area (Å²) in [5.74, 6) is 0.208. The van der Waals surface area contributed by atoms with E-state index in [4.69, 9.17) is 4.74 Å². The van der Waals surface area contributed by atoms with E-state index in [1.54, 1.807) is 24.3 Å². The van der Waals surface area contributed by atoms with Crippen LogP contribution in [0.15, 0.2) is 48.5 Å². The van der Waals surface area contributed by atoms with E-state index in [9.17, 15) is 9.59 Å². The number of nitrogens with one attached hydrogen (secondary N) is 2. The minimum Gasteiger partial charge on any atom is -0.480 e. The first-order valence-electron chi connectivity index (χ1n) is 9.39. The first-order valence-corrected chi connectivity index (χ1v) is 9.39. The quantitative estimate of drug-likeness (QED) is 0.729. The lowest BCUT2D eigenvalue weighted by Gasteiger charge is -2.20. The Morgan fingerprint density at radius 3 is 2.33 bits per heavy atom. The standard InChI is InChI=1S/C22H28N2O3/c1-5-16(4)23-21(25)17-12-8-9-13-18(17)24-22(26)19(6-2)27-20-14-10-7-11-15(20)3/h7-14,16,19H,5-6H2,1-4H3,(H,23,25)(H,24,26)/t16-,19+/m0/s1. The molecule has 0 aromatic heterocycles. The number of para-hydroxylation sites is 2. The number of ether oxygens (including phenoxy) is 1. The van der Waals surface area contributed by atoms with E-state index in [1.807, 2.05) is 52.0 Å². The highest BCUT2D eigenvalue weighted by Crippen LogP contribution is 2.21. The van der Waals surface area contributed by atoms with E-state index in [0.29, 0.717) is 23.4 Å². The highest BCUT2D eigenvalue weighted by molar-refractivity contribution is 6.04. The van der Waals surface area contributed by atoms with Crippen LogP contribution in [0.25, 0.3) is 0 Å². The van der Waals surface area contributed by atoms with Crippen LogP contribution in [0.1, 0.15) is 49.5 Å². The van der Waals surface area contributed by atoms with Gasteiger partial charge < -0.3 is 15.4 Å². The predicted molar refractivity (Wildman–Crippen MR) is 108 cm³/mol. The third-order valence-corrected chi connectivity index (χ3v) is 4.45. The molecule has 5 heteroatoms. The van der Waals surface area contributed by atoms with Gasteiger partial charge in [-0.05, 0) is 50.5 Å². The molecule has 5 nitrogen and oxygen atoms in total. The van der Waals surface area contributed by atoms with Gasteiger partial charge >= 0.3 is 0 Å². The van der Waals surface area contributed by atoms with Crippen LogP contribution >= 0.6 is 0 Å². The van der Waals surface area contributed by atoms with Crippen LogP contribution in [0, 0.1) is 6.92 Å². The average molecular weight is 368 g/mol. The lowest BCUT2D eigenvalue weighted by atomic mass is 10.1. The molecule has 0 saturated heterocycles. The zero-order chi connectivity index (χ0) is 19.8. The van der Waals surface area contributed by atoms with Crippen molar-refractivity contribution < 1.29 is 14.3 Å². The van der Waals surface area contributed by atoms with E-state index in [-0.39, 0.29) is 17.9 Å². The number of aryl methyl sites for hydroxylation is 1. The van der Waals surface area contributed by atoms with Crippen LogP contribution in [0.4, 0.5) is 5.69 Å². The van der Waals surface area contributed by atoms with Crippen molar-refractivity contribution in [2.24, 2.45) is 0 Å². The topological polar surface area (TPSA) is 67.4 Å². The average Bonchev–Trinajstić information content (AvgIpc) is 2.67. The molecule has 144 valence electrons. The molecule has 0 aliphatic carbocycles. The molecule has 2 amide bonds. The van der Waals surface area contributed by atoms with E-state index >= 15 is 0 Å². The SMILES string of the molecule is CC[C@H](C)NC(=O)c1ccccc1NC(=O)[C@@H](CC)Oc1ccccc1C. The van der Waals surface area contributed by atoms with Crippen molar-refractivity contribution in [2.45, 2.75) is 52.7 Å². The molecule has 0 saturated carbocycles. The van der Waals surface area contributed by atoms with Gasteiger partial charge in [-0.25, -0.2) is 0 Å². The molecule has 0 spiro atoms. The van der Waals surface area contributed by atoms with Gasteiger partial charge in [-0.1, -0.05) is 44.2 Å². The van der Waals surface area contributed by atoms with Crippen LogP contribution in [-0.2, 0) is 4.79 Å². The second-order valence-electron chi connectivity index (χ2n) is 6.60. The summed E-state index contributed by atoms with van der Waals surface area (Å²) in [5, 5.41) is 5.78. The molecule has 2 atom stereocenters. The Bertz CT molecular complexity index is 789. The molecule has 2 N–H and O–H groups in total. The Hall–Kier alpha value is -2.82. The fourth-order valence-corrected chi connectivity index (χ4v) is 2.57. The Kier molecular flexibility index (Phi) is 7.41. The normalized spacial score (nSPS) is 12.7. The van der Waals surface area contributed by atoms with Crippen molar-refractivity contribution in [3.63, 3.8) is 0 Å². The highest BCUT2D eigenvalue weighted by Gasteiger charge is 2.21. The zero-order valence-electron chi connectivity index (χ0n) is 16.4. The lowest BCUT2D eigenvalue weighted by molar-refractivity contribution is -0.122. The molecule has 0 bridgehead atoms. The van der Waals surface area contributed by atoms with E-state index < -0.39 is 6.10 Å². The van der Waals surface area contributed by atoms with Gasteiger partial charge in [-0.2, -0.15) is 0 Å². The van der Waals surface area contributed by atoms with Crippen molar-refractivity contribution in [3.8, 4) is 5.75 Å². The molecule has 0 radical (unpaired) electrons. The molecule has 27 heavy (non-hydrogen) atoms. The van der Waals surface area contributed by atoms with Gasteiger partial charge in [0, 0.05) is 6.04 Å². The Morgan fingerprint density at radius 2 is 1.67 bits per heavy atom. The molecule has 2 aromatic carbocycles. The largest absolute Gasteiger partial charge is 0.480 e. The number of anilines is 1. The number of carbonyl (C=O) groups is 2. The van der Waals surface area contributed by atoms with Gasteiger partial charge in [0.05, 0.1) is 11.3 Å². The molecule has 2 rings (SSSR count). The number of hydrogen-bond acceptors (Lipinski definition) is 3. The van der Waals surface area contributed by atoms with Gasteiger partial charge in [-0.3, -0.25) is 9.59 Å². The smallest absolute Gasteiger partial charge is 0.265 e. The summed E-state index contributed by atoms with van der Waals surface area (Å²) >= 11 is 0. The van der Waals surface area contributed by atoms with Gasteiger partial charge in [0.1, 0.15) is 5.75 Å². The summed E-state index contributed by atoms with van der Waals surface area (Å²) < 4.78 is 5.90. The molecule has 0 aliphatic heterocycles. The van der Waals surface area contributed by atoms with Crippen LogP contribution in [0.2, 0.25) is 0 Å². The maximum absolute atomic E-state index is 12.7. The Morgan fingerprint density at radius 1 is 1.00 bits per heavy atom. The molecular formula is C22H28N2O3. The second-order valence-corrected chi connectivity index (χ2v) is 6.60. The number of carbonyl (C=O) groups excluding carboxylic acids is 2. The number of amides is 2. The van der Waals surface area contributed by atoms with E-state index in [2.05, 4.69) is 10.6 Å². The van der Waals surface area contributed by atoms with Crippen molar-refractivity contribution >= 4 is 17.5 Å². The van der Waals surface area contributed by atoms with Crippen molar-refractivity contribution in [1.29, 1.82) is 0 Å². The van der Waals surface area contributed by atoms with Crippen LogP contribution in [0.3, 0.4) is 0 Å². The molecular weight excluding hydrogens is 340 g/mol. The summed E-state index contributed by atoms with van der Waals surface area (Å²) in [6, 6.07) is 14.7. The molecule has 2 aromatic rings. The Labute approximate surface area is 161 Å². The minimum absolute atomic E-state index is 0.0639. The van der Waals surface area contributed by atoms with Gasteiger partial charge in [-0.15, -0.1) is 0 Å². The maximum atomic E-state index is 12.7. The van der Waals surface area contributed by atoms with Crippen molar-refractivity contribution in [2.75, 3.05) is 5.32 Å². The molecule has 0 aliphatic rings. The number of benzene rings is 2. The Balaban J connectivity index is 2.14. The molecule has 0 heterocycles. The summed E-state index contributed by atoms with van der Waals surface area (Å²) in [5.41, 5.74) is 1.89. The monoisotopic (exact) mass is 368 g/mol. The minimum atomic E-state index is -0.642. The maximum Gasteiger partial charge on any atom is 0.265 e. The summed E-state index contributed by atoms with van der Waals surface area (Å²) in [6.07, 6.45) is 0.709.